The van der Waals surface area contributed by atoms with Crippen LogP contribution in [0, 0.1) is 5.92 Å². The Labute approximate surface area is 152 Å². The summed E-state index contributed by atoms with van der Waals surface area (Å²) in [6, 6.07) is 19.1. The lowest BCUT2D eigenvalue weighted by atomic mass is 10.0. The van der Waals surface area contributed by atoms with Crippen molar-refractivity contribution in [3.63, 3.8) is 0 Å². The van der Waals surface area contributed by atoms with Crippen molar-refractivity contribution in [1.82, 2.24) is 4.98 Å². The van der Waals surface area contributed by atoms with E-state index in [0.29, 0.717) is 12.0 Å². The first-order valence-corrected chi connectivity index (χ1v) is 9.30. The van der Waals surface area contributed by atoms with Gasteiger partial charge < -0.3 is 10.5 Å². The molecule has 5 rings (SSSR count). The summed E-state index contributed by atoms with van der Waals surface area (Å²) in [5.41, 5.74) is 5.54. The molecular weight excluding hydrogens is 322 g/mol. The Balaban J connectivity index is 1.48. The van der Waals surface area contributed by atoms with Crippen molar-refractivity contribution in [3.05, 3.63) is 71.3 Å². The third-order valence-corrected chi connectivity index (χ3v) is 5.53. The molecule has 0 bridgehead atoms. The van der Waals surface area contributed by atoms with Crippen LogP contribution in [-0.4, -0.2) is 15.9 Å². The minimum Gasteiger partial charge on any atom is -0.411 e. The molecule has 1 aromatic heterocycles. The molecule has 130 valence electrons. The molecule has 3 aromatic rings. The molecule has 1 atom stereocenters. The van der Waals surface area contributed by atoms with Gasteiger partial charge in [0.25, 0.3) is 0 Å². The smallest absolute Gasteiger partial charge is 0.127 e. The third kappa shape index (κ3) is 2.62. The number of benzene rings is 2. The first kappa shape index (κ1) is 15.4. The van der Waals surface area contributed by atoms with Crippen molar-refractivity contribution in [3.8, 4) is 0 Å². The van der Waals surface area contributed by atoms with Crippen LogP contribution in [0.5, 0.6) is 0 Å². The predicted molar refractivity (Wildman–Crippen MR) is 104 cm³/mol. The highest BCUT2D eigenvalue weighted by Crippen LogP contribution is 2.36. The molecule has 0 saturated heterocycles. The Morgan fingerprint density at radius 1 is 1.00 bits per heavy atom. The zero-order chi connectivity index (χ0) is 17.5. The highest BCUT2D eigenvalue weighted by atomic mass is 16.4. The highest BCUT2D eigenvalue weighted by Gasteiger charge is 2.30. The van der Waals surface area contributed by atoms with Gasteiger partial charge in [0, 0.05) is 16.9 Å². The molecule has 0 unspecified atom stereocenters. The summed E-state index contributed by atoms with van der Waals surface area (Å²) in [6.07, 6.45) is 4.42. The lowest BCUT2D eigenvalue weighted by Crippen LogP contribution is -2.09. The summed E-state index contributed by atoms with van der Waals surface area (Å²) in [5.74, 6) is 1.28. The van der Waals surface area contributed by atoms with E-state index in [1.54, 1.807) is 0 Å². The van der Waals surface area contributed by atoms with Gasteiger partial charge in [-0.05, 0) is 55.0 Å². The summed E-state index contributed by atoms with van der Waals surface area (Å²) in [4.78, 5) is 4.82. The molecular formula is C22H21N3O. The Kier molecular flexibility index (Phi) is 3.63. The topological polar surface area (TPSA) is 57.5 Å². The van der Waals surface area contributed by atoms with E-state index in [1.807, 2.05) is 24.3 Å². The fraction of sp³-hybridized carbons (Fsp3) is 0.273. The number of fused-ring (bicyclic) bond motifs is 2. The number of hydrogen-bond donors (Lipinski definition) is 2. The summed E-state index contributed by atoms with van der Waals surface area (Å²) in [6.45, 7) is 0. The van der Waals surface area contributed by atoms with Gasteiger partial charge in [0.1, 0.15) is 5.82 Å². The van der Waals surface area contributed by atoms with Crippen LogP contribution in [0.4, 0.5) is 5.82 Å². The van der Waals surface area contributed by atoms with E-state index < -0.39 is 0 Å². The molecule has 1 saturated carbocycles. The van der Waals surface area contributed by atoms with E-state index in [2.05, 4.69) is 40.8 Å². The molecule has 0 amide bonds. The third-order valence-electron chi connectivity index (χ3n) is 5.53. The summed E-state index contributed by atoms with van der Waals surface area (Å²) < 4.78 is 0. The monoisotopic (exact) mass is 343 g/mol. The fourth-order valence-corrected chi connectivity index (χ4v) is 4.06. The first-order chi connectivity index (χ1) is 12.8. The number of hydrogen-bond acceptors (Lipinski definition) is 4. The van der Waals surface area contributed by atoms with Crippen LogP contribution >= 0.6 is 0 Å². The lowest BCUT2D eigenvalue weighted by Gasteiger charge is -2.16. The van der Waals surface area contributed by atoms with Crippen LogP contribution in [0.25, 0.3) is 10.9 Å². The molecule has 1 fully saturated rings. The molecule has 4 heteroatoms. The number of aryl methyl sites for hydroxylation is 1. The van der Waals surface area contributed by atoms with Crippen molar-refractivity contribution < 1.29 is 5.21 Å². The fourth-order valence-electron chi connectivity index (χ4n) is 4.06. The summed E-state index contributed by atoms with van der Waals surface area (Å²) in [5, 5.41) is 17.7. The van der Waals surface area contributed by atoms with Crippen LogP contribution < -0.4 is 5.32 Å². The number of nitrogens with zero attached hydrogens (tertiary/aromatic N) is 2. The van der Waals surface area contributed by atoms with E-state index in [9.17, 15) is 5.21 Å². The van der Waals surface area contributed by atoms with Crippen molar-refractivity contribution >= 4 is 22.4 Å². The zero-order valence-corrected chi connectivity index (χ0v) is 14.5. The van der Waals surface area contributed by atoms with Crippen LogP contribution in [0.15, 0.2) is 59.8 Å². The average molecular weight is 343 g/mol. The molecule has 2 aromatic carbocycles. The van der Waals surface area contributed by atoms with Gasteiger partial charge in [0.15, 0.2) is 0 Å². The lowest BCUT2D eigenvalue weighted by molar-refractivity contribution is 0.317. The van der Waals surface area contributed by atoms with Crippen molar-refractivity contribution in [2.75, 3.05) is 5.32 Å². The van der Waals surface area contributed by atoms with Gasteiger partial charge >= 0.3 is 0 Å². The van der Waals surface area contributed by atoms with Crippen molar-refractivity contribution in [2.24, 2.45) is 11.1 Å². The molecule has 0 radical (unpaired) electrons. The Morgan fingerprint density at radius 3 is 2.73 bits per heavy atom. The number of anilines is 1. The van der Waals surface area contributed by atoms with E-state index >= 15 is 0 Å². The highest BCUT2D eigenvalue weighted by molar-refractivity contribution is 6.12. The van der Waals surface area contributed by atoms with Crippen LogP contribution in [0.3, 0.4) is 0 Å². The molecule has 2 aliphatic carbocycles. The normalized spacial score (nSPS) is 19.5. The van der Waals surface area contributed by atoms with Gasteiger partial charge in [0.2, 0.25) is 0 Å². The number of oxime groups is 1. The second kappa shape index (κ2) is 6.13. The van der Waals surface area contributed by atoms with Crippen molar-refractivity contribution in [2.45, 2.75) is 31.7 Å². The summed E-state index contributed by atoms with van der Waals surface area (Å²) >= 11 is 0. The van der Waals surface area contributed by atoms with Gasteiger partial charge in [-0.25, -0.2) is 4.98 Å². The van der Waals surface area contributed by atoms with Gasteiger partial charge in [0.05, 0.1) is 17.3 Å². The quantitative estimate of drug-likeness (QED) is 0.401. The van der Waals surface area contributed by atoms with Gasteiger partial charge in [-0.15, -0.1) is 0 Å². The molecule has 2 N–H and O–H groups in total. The standard InChI is InChI=1S/C22H21N3O/c26-25-22(15-8-9-15)18-6-3-7-19-17(18)11-13-21(23-19)24-20-12-10-14-4-1-2-5-16(14)20/h1-7,11,13,15,20,26H,8-10,12H2,(H,23,24)/b25-22+/t20-/m1/s1. The number of pyridine rings is 1. The van der Waals surface area contributed by atoms with E-state index in [4.69, 9.17) is 4.98 Å². The summed E-state index contributed by atoms with van der Waals surface area (Å²) in [7, 11) is 0. The largest absolute Gasteiger partial charge is 0.411 e. The maximum Gasteiger partial charge on any atom is 0.127 e. The maximum atomic E-state index is 9.44. The number of aromatic nitrogens is 1. The molecule has 2 aliphatic rings. The molecule has 26 heavy (non-hydrogen) atoms. The van der Waals surface area contributed by atoms with Crippen molar-refractivity contribution in [1.29, 1.82) is 0 Å². The van der Waals surface area contributed by atoms with Gasteiger partial charge in [-0.3, -0.25) is 0 Å². The second-order valence-corrected chi connectivity index (χ2v) is 7.26. The van der Waals surface area contributed by atoms with Crippen LogP contribution in [0.2, 0.25) is 0 Å². The van der Waals surface area contributed by atoms with Gasteiger partial charge in [-0.1, -0.05) is 41.6 Å². The molecule has 0 aliphatic heterocycles. The molecule has 1 heterocycles. The zero-order valence-electron chi connectivity index (χ0n) is 14.5. The van der Waals surface area contributed by atoms with E-state index in [0.717, 1.165) is 53.7 Å². The molecule has 4 nitrogen and oxygen atoms in total. The molecule has 0 spiro atoms. The first-order valence-electron chi connectivity index (χ1n) is 9.30. The number of rotatable bonds is 4. The van der Waals surface area contributed by atoms with Crippen LogP contribution in [-0.2, 0) is 6.42 Å². The Hall–Kier alpha value is -2.88. The minimum atomic E-state index is 0.320. The minimum absolute atomic E-state index is 0.320. The number of nitrogens with one attached hydrogen (secondary N) is 1. The maximum absolute atomic E-state index is 9.44. The van der Waals surface area contributed by atoms with Crippen LogP contribution in [0.1, 0.15) is 42.0 Å². The SMILES string of the molecule is O/N=C(/c1cccc2nc(N[C@@H]3CCc4ccccc43)ccc12)C1CC1. The van der Waals surface area contributed by atoms with Gasteiger partial charge in [-0.2, -0.15) is 0 Å². The second-order valence-electron chi connectivity index (χ2n) is 7.26. The van der Waals surface area contributed by atoms with E-state index in [1.165, 1.54) is 11.1 Å². The average Bonchev–Trinajstić information content (AvgIpc) is 3.44. The van der Waals surface area contributed by atoms with E-state index in [-0.39, 0.29) is 0 Å². The Bertz CT molecular complexity index is 1010. The predicted octanol–water partition coefficient (Wildman–Crippen LogP) is 4.92. The Morgan fingerprint density at radius 2 is 1.88 bits per heavy atom.